The molecule has 3 nitrogen and oxygen atoms in total. The van der Waals surface area contributed by atoms with Gasteiger partial charge in [0.1, 0.15) is 5.75 Å². The van der Waals surface area contributed by atoms with Crippen LogP contribution in [0.1, 0.15) is 24.4 Å². The zero-order chi connectivity index (χ0) is 13.0. The van der Waals surface area contributed by atoms with E-state index in [0.717, 1.165) is 23.1 Å². The lowest BCUT2D eigenvalue weighted by molar-refractivity contribution is 0.410. The van der Waals surface area contributed by atoms with E-state index >= 15 is 0 Å². The number of benzene rings is 1. The minimum absolute atomic E-state index is 0.192. The Hall–Kier alpha value is -0.840. The Morgan fingerprint density at radius 2 is 2.17 bits per heavy atom. The van der Waals surface area contributed by atoms with Gasteiger partial charge in [-0.3, -0.25) is 0 Å². The molecule has 1 unspecified atom stereocenters. The van der Waals surface area contributed by atoms with Crippen LogP contribution in [0.25, 0.3) is 0 Å². The normalized spacial score (nSPS) is 17.1. The number of halogens is 1. The van der Waals surface area contributed by atoms with Crippen molar-refractivity contribution in [3.05, 3.63) is 40.4 Å². The number of nitrogens with one attached hydrogen (secondary N) is 1. The molecule has 1 aromatic carbocycles. The third-order valence-electron chi connectivity index (χ3n) is 3.26. The zero-order valence-corrected chi connectivity index (χ0v) is 12.1. The van der Waals surface area contributed by atoms with Crippen LogP contribution < -0.4 is 15.8 Å². The highest BCUT2D eigenvalue weighted by Gasteiger charge is 2.17. The third kappa shape index (κ3) is 3.13. The summed E-state index contributed by atoms with van der Waals surface area (Å²) in [7, 11) is 1.67. The van der Waals surface area contributed by atoms with E-state index in [0.29, 0.717) is 12.6 Å². The van der Waals surface area contributed by atoms with E-state index in [1.54, 1.807) is 7.11 Å². The molecule has 4 heteroatoms. The van der Waals surface area contributed by atoms with E-state index in [9.17, 15) is 0 Å². The van der Waals surface area contributed by atoms with Crippen LogP contribution in [0.3, 0.4) is 0 Å². The first-order valence-corrected chi connectivity index (χ1v) is 6.98. The van der Waals surface area contributed by atoms with Gasteiger partial charge < -0.3 is 15.8 Å². The topological polar surface area (TPSA) is 47.3 Å². The lowest BCUT2D eigenvalue weighted by Crippen LogP contribution is -2.35. The Balaban J connectivity index is 2.09. The van der Waals surface area contributed by atoms with Gasteiger partial charge in [-0.25, -0.2) is 0 Å². The minimum atomic E-state index is 0.192. The van der Waals surface area contributed by atoms with E-state index in [4.69, 9.17) is 10.5 Å². The van der Waals surface area contributed by atoms with Crippen molar-refractivity contribution >= 4 is 15.9 Å². The number of hydrogen-bond donors (Lipinski definition) is 2. The molecule has 1 atom stereocenters. The highest BCUT2D eigenvalue weighted by molar-refractivity contribution is 9.10. The van der Waals surface area contributed by atoms with Crippen molar-refractivity contribution in [2.24, 2.45) is 5.73 Å². The number of rotatable bonds is 5. The number of hydrogen-bond acceptors (Lipinski definition) is 3. The molecule has 0 aromatic heterocycles. The standard InChI is InChI=1S/C14H19BrN2O/c1-18-14-7-6-10(8-12(14)15)13(9-16)17-11-4-2-3-5-11/h2-3,6-8,11,13,17H,4-5,9,16H2,1H3. The molecule has 0 radical (unpaired) electrons. The second-order valence-corrected chi connectivity index (χ2v) is 5.34. The van der Waals surface area contributed by atoms with E-state index < -0.39 is 0 Å². The summed E-state index contributed by atoms with van der Waals surface area (Å²) < 4.78 is 6.20. The average molecular weight is 311 g/mol. The van der Waals surface area contributed by atoms with Crippen LogP contribution in [-0.4, -0.2) is 19.7 Å². The van der Waals surface area contributed by atoms with Gasteiger partial charge in [0.25, 0.3) is 0 Å². The summed E-state index contributed by atoms with van der Waals surface area (Å²) in [6, 6.07) is 6.82. The number of ether oxygens (including phenoxy) is 1. The molecule has 0 saturated heterocycles. The predicted octanol–water partition coefficient (Wildman–Crippen LogP) is 2.77. The predicted molar refractivity (Wildman–Crippen MR) is 77.8 cm³/mol. The first-order valence-electron chi connectivity index (χ1n) is 6.19. The Labute approximate surface area is 117 Å². The smallest absolute Gasteiger partial charge is 0.133 e. The molecule has 2 rings (SSSR count). The first-order chi connectivity index (χ1) is 8.74. The number of nitrogens with two attached hydrogens (primary N) is 1. The molecule has 0 fully saturated rings. The fraction of sp³-hybridized carbons (Fsp3) is 0.429. The fourth-order valence-corrected chi connectivity index (χ4v) is 2.80. The SMILES string of the molecule is COc1ccc(C(CN)NC2CC=CC2)cc1Br. The first kappa shape index (κ1) is 13.6. The summed E-state index contributed by atoms with van der Waals surface area (Å²) in [5.74, 6) is 0.844. The molecule has 98 valence electrons. The van der Waals surface area contributed by atoms with Gasteiger partial charge >= 0.3 is 0 Å². The maximum Gasteiger partial charge on any atom is 0.133 e. The molecular weight excluding hydrogens is 292 g/mol. The Morgan fingerprint density at radius 1 is 1.44 bits per heavy atom. The molecule has 1 aliphatic carbocycles. The molecule has 1 aliphatic rings. The minimum Gasteiger partial charge on any atom is -0.496 e. The maximum absolute atomic E-state index is 5.87. The van der Waals surface area contributed by atoms with Crippen LogP contribution >= 0.6 is 15.9 Å². The van der Waals surface area contributed by atoms with Crippen molar-refractivity contribution in [1.29, 1.82) is 0 Å². The van der Waals surface area contributed by atoms with Gasteiger partial charge in [0, 0.05) is 18.6 Å². The Kier molecular flexibility index (Phi) is 4.80. The molecule has 3 N–H and O–H groups in total. The molecule has 0 amide bonds. The summed E-state index contributed by atoms with van der Waals surface area (Å²) >= 11 is 3.51. The van der Waals surface area contributed by atoms with Crippen molar-refractivity contribution < 1.29 is 4.74 Å². The molecule has 0 saturated carbocycles. The monoisotopic (exact) mass is 310 g/mol. The molecular formula is C14H19BrN2O. The summed E-state index contributed by atoms with van der Waals surface area (Å²) in [5, 5.41) is 3.60. The van der Waals surface area contributed by atoms with E-state index in [2.05, 4.69) is 45.5 Å². The largest absolute Gasteiger partial charge is 0.496 e. The molecule has 0 spiro atoms. The third-order valence-corrected chi connectivity index (χ3v) is 3.88. The van der Waals surface area contributed by atoms with Gasteiger partial charge in [0.2, 0.25) is 0 Å². The number of methoxy groups -OCH3 is 1. The van der Waals surface area contributed by atoms with Crippen molar-refractivity contribution in [1.82, 2.24) is 5.32 Å². The van der Waals surface area contributed by atoms with Crippen molar-refractivity contribution in [3.8, 4) is 5.75 Å². The summed E-state index contributed by atoms with van der Waals surface area (Å²) in [6.07, 6.45) is 6.62. The van der Waals surface area contributed by atoms with Crippen molar-refractivity contribution in [2.75, 3.05) is 13.7 Å². The fourth-order valence-electron chi connectivity index (χ4n) is 2.24. The molecule has 0 bridgehead atoms. The highest BCUT2D eigenvalue weighted by Crippen LogP contribution is 2.28. The van der Waals surface area contributed by atoms with Crippen LogP contribution in [0, 0.1) is 0 Å². The summed E-state index contributed by atoms with van der Waals surface area (Å²) in [6.45, 7) is 0.593. The van der Waals surface area contributed by atoms with Gasteiger partial charge in [-0.05, 0) is 46.5 Å². The van der Waals surface area contributed by atoms with Crippen LogP contribution in [0.4, 0.5) is 0 Å². The molecule has 1 aromatic rings. The van der Waals surface area contributed by atoms with Crippen molar-refractivity contribution in [2.45, 2.75) is 24.9 Å². The van der Waals surface area contributed by atoms with Gasteiger partial charge in [-0.2, -0.15) is 0 Å². The van der Waals surface area contributed by atoms with Crippen LogP contribution in [0.15, 0.2) is 34.8 Å². The van der Waals surface area contributed by atoms with Gasteiger partial charge in [-0.15, -0.1) is 0 Å². The van der Waals surface area contributed by atoms with Crippen LogP contribution in [0.2, 0.25) is 0 Å². The highest BCUT2D eigenvalue weighted by atomic mass is 79.9. The van der Waals surface area contributed by atoms with Crippen LogP contribution in [0.5, 0.6) is 5.75 Å². The maximum atomic E-state index is 5.87. The summed E-state index contributed by atoms with van der Waals surface area (Å²) in [5.41, 5.74) is 7.07. The Bertz CT molecular complexity index is 426. The van der Waals surface area contributed by atoms with Gasteiger partial charge in [0.15, 0.2) is 0 Å². The van der Waals surface area contributed by atoms with E-state index in [1.807, 2.05) is 6.07 Å². The van der Waals surface area contributed by atoms with Crippen LogP contribution in [-0.2, 0) is 0 Å². The molecule has 18 heavy (non-hydrogen) atoms. The van der Waals surface area contributed by atoms with E-state index in [1.165, 1.54) is 5.56 Å². The second-order valence-electron chi connectivity index (χ2n) is 4.49. The summed E-state index contributed by atoms with van der Waals surface area (Å²) in [4.78, 5) is 0. The average Bonchev–Trinajstić information content (AvgIpc) is 2.88. The lowest BCUT2D eigenvalue weighted by Gasteiger charge is -2.22. The van der Waals surface area contributed by atoms with Crippen molar-refractivity contribution in [3.63, 3.8) is 0 Å². The second kappa shape index (κ2) is 6.36. The lowest BCUT2D eigenvalue weighted by atomic mass is 10.0. The quantitative estimate of drug-likeness (QED) is 0.822. The molecule has 0 heterocycles. The van der Waals surface area contributed by atoms with Gasteiger partial charge in [0.05, 0.1) is 11.6 Å². The zero-order valence-electron chi connectivity index (χ0n) is 10.5. The molecule has 0 aliphatic heterocycles. The van der Waals surface area contributed by atoms with E-state index in [-0.39, 0.29) is 6.04 Å². The Morgan fingerprint density at radius 3 is 2.72 bits per heavy atom. The van der Waals surface area contributed by atoms with Gasteiger partial charge in [-0.1, -0.05) is 18.2 Å².